The van der Waals surface area contributed by atoms with Gasteiger partial charge in [-0.15, -0.1) is 0 Å². The molecule has 6 heteroatoms. The van der Waals surface area contributed by atoms with Crippen LogP contribution in [0.4, 0.5) is 5.69 Å². The van der Waals surface area contributed by atoms with Gasteiger partial charge in [0, 0.05) is 37.6 Å². The highest BCUT2D eigenvalue weighted by Crippen LogP contribution is 2.18. The van der Waals surface area contributed by atoms with Crippen molar-refractivity contribution in [2.75, 3.05) is 0 Å². The first-order valence-electron chi connectivity index (χ1n) is 5.53. The lowest BCUT2D eigenvalue weighted by Gasteiger charge is -2.03. The van der Waals surface area contributed by atoms with Gasteiger partial charge < -0.3 is 4.57 Å². The minimum absolute atomic E-state index is 0.0986. The monoisotopic (exact) mass is 247 g/mol. The third-order valence-corrected chi connectivity index (χ3v) is 2.83. The molecular formula is C12H13N3O3. The number of rotatable bonds is 4. The van der Waals surface area contributed by atoms with Gasteiger partial charge in [-0.05, 0) is 6.42 Å². The lowest BCUT2D eigenvalue weighted by molar-refractivity contribution is -0.385. The van der Waals surface area contributed by atoms with Crippen molar-refractivity contribution in [1.82, 2.24) is 9.13 Å². The molecule has 1 aromatic carbocycles. The highest BCUT2D eigenvalue weighted by atomic mass is 16.6. The molecule has 2 rings (SSSR count). The second-order valence-electron chi connectivity index (χ2n) is 4.02. The molecule has 0 unspecified atom stereocenters. The molecule has 0 aliphatic heterocycles. The maximum absolute atomic E-state index is 11.6. The van der Waals surface area contributed by atoms with E-state index in [0.29, 0.717) is 18.5 Å². The summed E-state index contributed by atoms with van der Waals surface area (Å²) in [7, 11) is 1.67. The maximum atomic E-state index is 11.6. The number of aryl methyl sites for hydroxylation is 3. The summed E-state index contributed by atoms with van der Waals surface area (Å²) in [6, 6.07) is 6.58. The quantitative estimate of drug-likeness (QED) is 0.604. The molecule has 0 aliphatic rings. The Balaban J connectivity index is 2.18. The van der Waals surface area contributed by atoms with Crippen molar-refractivity contribution in [2.24, 2.45) is 7.05 Å². The van der Waals surface area contributed by atoms with E-state index >= 15 is 0 Å². The molecule has 94 valence electrons. The van der Waals surface area contributed by atoms with E-state index in [-0.39, 0.29) is 11.4 Å². The molecule has 0 amide bonds. The van der Waals surface area contributed by atoms with E-state index in [1.54, 1.807) is 37.6 Å². The van der Waals surface area contributed by atoms with E-state index in [4.69, 9.17) is 0 Å². The van der Waals surface area contributed by atoms with Crippen molar-refractivity contribution in [1.29, 1.82) is 0 Å². The summed E-state index contributed by atoms with van der Waals surface area (Å²) in [5.74, 6) is 0. The molecule has 0 fully saturated rings. The van der Waals surface area contributed by atoms with Crippen LogP contribution in [-0.2, 0) is 20.0 Å². The summed E-state index contributed by atoms with van der Waals surface area (Å²) < 4.78 is 3.01. The van der Waals surface area contributed by atoms with E-state index < -0.39 is 4.92 Å². The van der Waals surface area contributed by atoms with Crippen LogP contribution in [0.2, 0.25) is 0 Å². The predicted molar refractivity (Wildman–Crippen MR) is 66.5 cm³/mol. The molecule has 1 aromatic heterocycles. The first-order valence-corrected chi connectivity index (χ1v) is 5.53. The number of nitrogens with zero attached hydrogens (tertiary/aromatic N) is 3. The summed E-state index contributed by atoms with van der Waals surface area (Å²) in [6.45, 7) is 0.435. The number of imidazole rings is 1. The number of aromatic nitrogens is 2. The van der Waals surface area contributed by atoms with Crippen LogP contribution in [0.25, 0.3) is 0 Å². The highest BCUT2D eigenvalue weighted by molar-refractivity contribution is 5.39. The Kier molecular flexibility index (Phi) is 3.27. The molecular weight excluding hydrogens is 234 g/mol. The lowest BCUT2D eigenvalue weighted by atomic mass is 10.1. The molecule has 0 saturated heterocycles. The molecule has 0 N–H and O–H groups in total. The number of nitro benzene ring substituents is 1. The van der Waals surface area contributed by atoms with Gasteiger partial charge in [-0.25, -0.2) is 4.79 Å². The molecule has 0 bridgehead atoms. The van der Waals surface area contributed by atoms with E-state index in [1.807, 2.05) is 0 Å². The van der Waals surface area contributed by atoms with Gasteiger partial charge in [0.15, 0.2) is 0 Å². The number of para-hydroxylation sites is 1. The minimum Gasteiger partial charge on any atom is -0.302 e. The largest absolute Gasteiger partial charge is 0.327 e. The molecule has 6 nitrogen and oxygen atoms in total. The van der Waals surface area contributed by atoms with Gasteiger partial charge in [0.25, 0.3) is 5.69 Å². The number of nitro groups is 1. The zero-order valence-corrected chi connectivity index (χ0v) is 9.94. The number of benzene rings is 1. The van der Waals surface area contributed by atoms with Crippen LogP contribution in [-0.4, -0.2) is 14.1 Å². The zero-order chi connectivity index (χ0) is 13.1. The standard InChI is InChI=1S/C12H13N3O3/c1-13-8-9-14(12(13)16)7-6-10-4-2-3-5-11(10)15(17)18/h2-5,8-9H,6-7H2,1H3. The average molecular weight is 247 g/mol. The van der Waals surface area contributed by atoms with Crippen molar-refractivity contribution in [2.45, 2.75) is 13.0 Å². The fourth-order valence-electron chi connectivity index (χ4n) is 1.82. The second-order valence-corrected chi connectivity index (χ2v) is 4.02. The summed E-state index contributed by atoms with van der Waals surface area (Å²) in [5.41, 5.74) is 0.619. The van der Waals surface area contributed by atoms with Crippen molar-refractivity contribution >= 4 is 5.69 Å². The predicted octanol–water partition coefficient (Wildman–Crippen LogP) is 1.34. The summed E-state index contributed by atoms with van der Waals surface area (Å²) >= 11 is 0. The van der Waals surface area contributed by atoms with Crippen LogP contribution >= 0.6 is 0 Å². The van der Waals surface area contributed by atoms with Gasteiger partial charge in [-0.2, -0.15) is 0 Å². The van der Waals surface area contributed by atoms with E-state index in [2.05, 4.69) is 0 Å². The maximum Gasteiger partial charge on any atom is 0.327 e. The van der Waals surface area contributed by atoms with Crippen LogP contribution in [0.5, 0.6) is 0 Å². The third kappa shape index (κ3) is 2.32. The molecule has 0 aliphatic carbocycles. The van der Waals surface area contributed by atoms with Crippen LogP contribution < -0.4 is 5.69 Å². The fourth-order valence-corrected chi connectivity index (χ4v) is 1.82. The Morgan fingerprint density at radius 1 is 1.28 bits per heavy atom. The SMILES string of the molecule is Cn1ccn(CCc2ccccc2[N+](=O)[O-])c1=O. The van der Waals surface area contributed by atoms with Gasteiger partial charge in [0.2, 0.25) is 0 Å². The summed E-state index contributed by atoms with van der Waals surface area (Å²) in [5, 5.41) is 10.8. The Labute approximate surface area is 103 Å². The van der Waals surface area contributed by atoms with Gasteiger partial charge in [-0.3, -0.25) is 14.7 Å². The molecule has 2 aromatic rings. The van der Waals surface area contributed by atoms with E-state index in [1.165, 1.54) is 15.2 Å². The highest BCUT2D eigenvalue weighted by Gasteiger charge is 2.12. The Morgan fingerprint density at radius 3 is 2.61 bits per heavy atom. The third-order valence-electron chi connectivity index (χ3n) is 2.83. The van der Waals surface area contributed by atoms with Gasteiger partial charge >= 0.3 is 5.69 Å². The van der Waals surface area contributed by atoms with Crippen LogP contribution in [0.15, 0.2) is 41.5 Å². The average Bonchev–Trinajstić information content (AvgIpc) is 2.68. The van der Waals surface area contributed by atoms with Crippen LogP contribution in [0, 0.1) is 10.1 Å². The smallest absolute Gasteiger partial charge is 0.302 e. The second kappa shape index (κ2) is 4.87. The molecule has 0 saturated carbocycles. The minimum atomic E-state index is -0.400. The molecule has 0 atom stereocenters. The normalized spacial score (nSPS) is 10.5. The van der Waals surface area contributed by atoms with Crippen molar-refractivity contribution < 1.29 is 4.92 Å². The first kappa shape index (κ1) is 12.1. The number of hydrogen-bond acceptors (Lipinski definition) is 3. The Morgan fingerprint density at radius 2 is 2.00 bits per heavy atom. The topological polar surface area (TPSA) is 70.1 Å². The van der Waals surface area contributed by atoms with Crippen molar-refractivity contribution in [3.05, 3.63) is 62.8 Å². The number of hydrogen-bond donors (Lipinski definition) is 0. The molecule has 0 spiro atoms. The zero-order valence-electron chi connectivity index (χ0n) is 9.94. The fraction of sp³-hybridized carbons (Fsp3) is 0.250. The molecule has 0 radical (unpaired) electrons. The van der Waals surface area contributed by atoms with Crippen molar-refractivity contribution in [3.63, 3.8) is 0 Å². The van der Waals surface area contributed by atoms with Crippen molar-refractivity contribution in [3.8, 4) is 0 Å². The Hall–Kier alpha value is -2.37. The molecule has 18 heavy (non-hydrogen) atoms. The van der Waals surface area contributed by atoms with Crippen LogP contribution in [0.3, 0.4) is 0 Å². The summed E-state index contributed by atoms with van der Waals surface area (Å²) in [6.07, 6.45) is 3.81. The lowest BCUT2D eigenvalue weighted by Crippen LogP contribution is -2.22. The van der Waals surface area contributed by atoms with E-state index in [9.17, 15) is 14.9 Å². The molecule has 1 heterocycles. The van der Waals surface area contributed by atoms with Crippen LogP contribution in [0.1, 0.15) is 5.56 Å². The van der Waals surface area contributed by atoms with E-state index in [0.717, 1.165) is 0 Å². The summed E-state index contributed by atoms with van der Waals surface area (Å²) in [4.78, 5) is 22.0. The first-order chi connectivity index (χ1) is 8.59. The van der Waals surface area contributed by atoms with Gasteiger partial charge in [0.1, 0.15) is 0 Å². The van der Waals surface area contributed by atoms with Gasteiger partial charge in [-0.1, -0.05) is 18.2 Å². The van der Waals surface area contributed by atoms with Gasteiger partial charge in [0.05, 0.1) is 4.92 Å². The Bertz CT molecular complexity index is 627.